The van der Waals surface area contributed by atoms with Crippen LogP contribution in [0, 0.1) is 0 Å². The van der Waals surface area contributed by atoms with Gasteiger partial charge in [-0.25, -0.2) is 0 Å². The van der Waals surface area contributed by atoms with Crippen molar-refractivity contribution in [1.82, 2.24) is 0 Å². The largest absolute Gasteiger partial charge is 0.387 e. The summed E-state index contributed by atoms with van der Waals surface area (Å²) in [4.78, 5) is 0. The van der Waals surface area contributed by atoms with Gasteiger partial charge in [0.25, 0.3) is 0 Å². The zero-order valence-corrected chi connectivity index (χ0v) is 9.46. The highest BCUT2D eigenvalue weighted by molar-refractivity contribution is 4.94. The second-order valence-corrected chi connectivity index (χ2v) is 2.84. The minimum absolute atomic E-state index is 0. The number of aliphatic hydroxyl groups excluding tert-OH is 1. The van der Waals surface area contributed by atoms with E-state index in [0.29, 0.717) is 0 Å². The fraction of sp³-hybridized carbons (Fsp3) is 0.200. The average Bonchev–Trinajstić information content (AvgIpc) is 2.31. The van der Waals surface area contributed by atoms with Crippen LogP contribution in [0.1, 0.15) is 24.0 Å². The minimum atomic E-state index is -0.748. The topological polar surface area (TPSA) is 46.2 Å². The van der Waals surface area contributed by atoms with Gasteiger partial charge in [0.05, 0.1) is 6.10 Å². The Hall–Kier alpha value is -2.54. The summed E-state index contributed by atoms with van der Waals surface area (Å²) in [6, 6.07) is -0.346. The molecule has 2 heteroatoms. The lowest BCUT2D eigenvalue weighted by Crippen LogP contribution is -2.29. The molecule has 2 nitrogen and oxygen atoms in total. The van der Waals surface area contributed by atoms with Gasteiger partial charge >= 0.3 is 0 Å². The van der Waals surface area contributed by atoms with Gasteiger partial charge in [-0.15, -0.1) is 0 Å². The van der Waals surface area contributed by atoms with Crippen LogP contribution in [-0.2, 0) is 0 Å². The van der Waals surface area contributed by atoms with Crippen molar-refractivity contribution in [2.45, 2.75) is 19.1 Å². The Morgan fingerprint density at radius 2 is 1.53 bits per heavy atom. The molecule has 0 heterocycles. The normalized spacial score (nSPS) is 9.82. The van der Waals surface area contributed by atoms with Crippen LogP contribution in [-0.4, -0.2) is 17.3 Å². The Kier molecular flexibility index (Phi) is 8.50. The molecule has 0 aromatic carbocycles. The van der Waals surface area contributed by atoms with E-state index in [2.05, 4.69) is 63.9 Å². The van der Waals surface area contributed by atoms with Crippen LogP contribution in [0.2, 0.25) is 0 Å². The molecule has 0 aromatic rings. The maximum Gasteiger partial charge on any atom is 0.0949 e. The molecular formula is C15H35NO. The van der Waals surface area contributed by atoms with Crippen LogP contribution in [0.3, 0.4) is 0 Å². The first kappa shape index (κ1) is 14.5. The molecule has 0 unspecified atom stereocenters. The van der Waals surface area contributed by atoms with Gasteiger partial charge in [0.15, 0.2) is 0 Å². The summed E-state index contributed by atoms with van der Waals surface area (Å²) in [6.07, 6.45) is 0.638. The molecule has 0 aliphatic carbocycles. The van der Waals surface area contributed by atoms with E-state index in [1.807, 2.05) is 0 Å². The van der Waals surface area contributed by atoms with Gasteiger partial charge in [-0.05, 0) is 65.4 Å². The zero-order valence-electron chi connectivity index (χ0n) is 9.46. The van der Waals surface area contributed by atoms with Crippen molar-refractivity contribution in [1.29, 1.82) is 0 Å². The monoisotopic (exact) mass is 245 g/mol. The smallest absolute Gasteiger partial charge is 0.0949 e. The van der Waals surface area contributed by atoms with E-state index in [1.54, 1.807) is 6.92 Å². The molecule has 0 saturated heterocycles. The Morgan fingerprint density at radius 3 is 2.00 bits per heavy atom. The van der Waals surface area contributed by atoms with E-state index in [1.165, 1.54) is 6.08 Å². The van der Waals surface area contributed by atoms with Gasteiger partial charge in [-0.1, -0.05) is 11.5 Å². The molecule has 0 radical (unpaired) electrons. The molecule has 0 saturated carbocycles. The first-order valence-electron chi connectivity index (χ1n) is 4.73. The first-order valence-corrected chi connectivity index (χ1v) is 4.73. The molecule has 0 rings (SSSR count). The second-order valence-electron chi connectivity index (χ2n) is 2.84. The third-order valence-electron chi connectivity index (χ3n) is 1.39. The summed E-state index contributed by atoms with van der Waals surface area (Å²) in [7, 11) is 0. The highest BCUT2D eigenvalue weighted by Gasteiger charge is 2.02. The van der Waals surface area contributed by atoms with Crippen molar-refractivity contribution in [3.63, 3.8) is 0 Å². The van der Waals surface area contributed by atoms with Crippen LogP contribution in [0.25, 0.3) is 0 Å². The summed E-state index contributed by atoms with van der Waals surface area (Å²) in [5.74, 6) is 0. The highest BCUT2D eigenvalue weighted by Crippen LogP contribution is 1.88. The molecule has 0 aliphatic heterocycles. The summed E-state index contributed by atoms with van der Waals surface area (Å²) < 4.78 is 0. The lowest BCUT2D eigenvalue weighted by atomic mass is 10.2. The van der Waals surface area contributed by atoms with E-state index >= 15 is 0 Å². The van der Waals surface area contributed by atoms with E-state index in [9.17, 15) is 5.11 Å². The van der Waals surface area contributed by atoms with Crippen molar-refractivity contribution in [2.24, 2.45) is 5.73 Å². The first-order chi connectivity index (χ1) is 8.18. The average molecular weight is 245 g/mol. The van der Waals surface area contributed by atoms with E-state index in [-0.39, 0.29) is 23.2 Å². The summed E-state index contributed by atoms with van der Waals surface area (Å²) in [5.41, 5.74) is 30.1. The maximum atomic E-state index is 9.25. The second kappa shape index (κ2) is 9.99. The molecule has 2 atom stereocenters. The fourth-order valence-electron chi connectivity index (χ4n) is 0.547. The standard InChI is InChI=1S/C15H11NO.12H2/c1-3-4-5-6-7-8-9-10-11-12-13-15(17)14(2)16;;;;;;;;;;;;/h13-15,17H,1,16H2,2H3;12*1H/t14-,15-;;;;;;;;;;;;/m0............/s1. The predicted octanol–water partition coefficient (Wildman–Crippen LogP) is 4.38. The molecule has 0 aliphatic rings. The van der Waals surface area contributed by atoms with Crippen molar-refractivity contribution < 1.29 is 22.2 Å². The van der Waals surface area contributed by atoms with Crippen molar-refractivity contribution in [2.75, 3.05) is 0 Å². The van der Waals surface area contributed by atoms with E-state index in [4.69, 9.17) is 5.73 Å². The van der Waals surface area contributed by atoms with Crippen LogP contribution in [0.15, 0.2) is 70.0 Å². The van der Waals surface area contributed by atoms with Crippen LogP contribution in [0.4, 0.5) is 0 Å². The summed E-state index contributed by atoms with van der Waals surface area (Å²) >= 11 is 0. The van der Waals surface area contributed by atoms with E-state index < -0.39 is 6.10 Å². The zero-order chi connectivity index (χ0) is 12.9. The Morgan fingerprint density at radius 1 is 1.06 bits per heavy atom. The number of aliphatic hydroxyl groups is 1. The summed E-state index contributed by atoms with van der Waals surface area (Å²) in [6.45, 7) is 4.98. The summed E-state index contributed by atoms with van der Waals surface area (Å²) in [5, 5.41) is 9.25. The molecule has 17 heavy (non-hydrogen) atoms. The Labute approximate surface area is 118 Å². The van der Waals surface area contributed by atoms with Crippen molar-refractivity contribution >= 4 is 0 Å². The lowest BCUT2D eigenvalue weighted by molar-refractivity contribution is 0.198. The third-order valence-corrected chi connectivity index (χ3v) is 1.39. The Bertz CT molecular complexity index is 649. The van der Waals surface area contributed by atoms with Crippen LogP contribution >= 0.6 is 0 Å². The maximum absolute atomic E-state index is 9.25. The molecule has 0 aromatic heterocycles. The lowest BCUT2D eigenvalue weighted by Gasteiger charge is -2.06. The molecular weight excluding hydrogens is 210 g/mol. The SMILES string of the molecule is C=C=C=C=C=C=C=C=C=C=C=C[C@H](O)[C@H](C)N.[HH].[HH].[HH].[HH].[HH].[HH].[HH].[HH].[HH].[HH].[HH].[HH]. The van der Waals surface area contributed by atoms with Crippen LogP contribution < -0.4 is 5.73 Å². The van der Waals surface area contributed by atoms with E-state index in [0.717, 1.165) is 0 Å². The minimum Gasteiger partial charge on any atom is -0.387 e. The fourth-order valence-corrected chi connectivity index (χ4v) is 0.547. The van der Waals surface area contributed by atoms with Gasteiger partial charge in [0.2, 0.25) is 0 Å². The molecule has 0 amide bonds. The third kappa shape index (κ3) is 9.76. The number of nitrogens with two attached hydrogens (primary N) is 1. The van der Waals surface area contributed by atoms with Gasteiger partial charge in [0.1, 0.15) is 0 Å². The van der Waals surface area contributed by atoms with Gasteiger partial charge in [0, 0.05) is 23.2 Å². The van der Waals surface area contributed by atoms with Crippen molar-refractivity contribution in [3.8, 4) is 0 Å². The molecule has 106 valence electrons. The molecule has 0 bridgehead atoms. The predicted molar refractivity (Wildman–Crippen MR) is 90.4 cm³/mol. The van der Waals surface area contributed by atoms with Crippen LogP contribution in [0.5, 0.6) is 0 Å². The number of hydrogen-bond acceptors (Lipinski definition) is 2. The number of rotatable bonds is 2. The molecule has 3 N–H and O–H groups in total. The van der Waals surface area contributed by atoms with Crippen molar-refractivity contribution in [3.05, 3.63) is 70.0 Å². The van der Waals surface area contributed by atoms with Gasteiger partial charge < -0.3 is 10.8 Å². The Balaban J connectivity index is -0.0000000194. The highest BCUT2D eigenvalue weighted by atomic mass is 16.3. The number of hydrogen-bond donors (Lipinski definition) is 2. The van der Waals surface area contributed by atoms with Gasteiger partial charge in [-0.2, -0.15) is 0 Å². The molecule has 0 spiro atoms. The van der Waals surface area contributed by atoms with Gasteiger partial charge in [-0.3, -0.25) is 0 Å². The quantitative estimate of drug-likeness (QED) is 0.709. The molecule has 0 fully saturated rings.